The van der Waals surface area contributed by atoms with Crippen LogP contribution >= 0.6 is 0 Å². The highest BCUT2D eigenvalue weighted by molar-refractivity contribution is 6.09. The highest BCUT2D eigenvalue weighted by Crippen LogP contribution is 2.38. The summed E-state index contributed by atoms with van der Waals surface area (Å²) in [6.07, 6.45) is 0. The van der Waals surface area contributed by atoms with Crippen molar-refractivity contribution in [2.24, 2.45) is 0 Å². The maximum Gasteiger partial charge on any atom is 0.227 e. The Morgan fingerprint density at radius 1 is 0.431 bits per heavy atom. The molecular formula is C47H31N3O. The second-order valence-corrected chi connectivity index (χ2v) is 12.8. The lowest BCUT2D eigenvalue weighted by Crippen LogP contribution is -2.10. The number of aromatic nitrogens is 2. The molecule has 10 aromatic rings. The average Bonchev–Trinajstić information content (AvgIpc) is 3.80. The van der Waals surface area contributed by atoms with E-state index >= 15 is 0 Å². The molecule has 2 aromatic heterocycles. The Balaban J connectivity index is 0.998. The van der Waals surface area contributed by atoms with Gasteiger partial charge in [0.1, 0.15) is 5.52 Å². The SMILES string of the molecule is c1ccc(-c2nc3c(ccc4cc(-c5ccc(N(c6ccccc6)c6ccc(-n7c8ccccc8c8ccccc87)cc6)cc5)ccc43)o2)cc1. The topological polar surface area (TPSA) is 34.2 Å². The molecule has 0 aliphatic heterocycles. The van der Waals surface area contributed by atoms with Gasteiger partial charge in [-0.25, -0.2) is 4.98 Å². The lowest BCUT2D eigenvalue weighted by molar-refractivity contribution is 0.620. The molecule has 0 spiro atoms. The van der Waals surface area contributed by atoms with E-state index in [9.17, 15) is 0 Å². The van der Waals surface area contributed by atoms with E-state index in [4.69, 9.17) is 9.40 Å². The molecule has 10 rings (SSSR count). The number of rotatable bonds is 6. The fourth-order valence-electron chi connectivity index (χ4n) is 7.38. The van der Waals surface area contributed by atoms with Gasteiger partial charge >= 0.3 is 0 Å². The van der Waals surface area contributed by atoms with Gasteiger partial charge in [0.2, 0.25) is 5.89 Å². The average molecular weight is 654 g/mol. The number of para-hydroxylation sites is 3. The third kappa shape index (κ3) is 4.96. The van der Waals surface area contributed by atoms with Gasteiger partial charge in [0.25, 0.3) is 0 Å². The maximum atomic E-state index is 6.13. The van der Waals surface area contributed by atoms with Crippen molar-refractivity contribution in [2.45, 2.75) is 0 Å². The van der Waals surface area contributed by atoms with E-state index in [1.54, 1.807) is 0 Å². The van der Waals surface area contributed by atoms with Crippen molar-refractivity contribution in [3.8, 4) is 28.3 Å². The predicted molar refractivity (Wildman–Crippen MR) is 211 cm³/mol. The van der Waals surface area contributed by atoms with E-state index in [-0.39, 0.29) is 0 Å². The van der Waals surface area contributed by atoms with Crippen LogP contribution in [0.4, 0.5) is 17.1 Å². The summed E-state index contributed by atoms with van der Waals surface area (Å²) in [4.78, 5) is 7.19. The van der Waals surface area contributed by atoms with Crippen molar-refractivity contribution in [1.82, 2.24) is 9.55 Å². The van der Waals surface area contributed by atoms with E-state index < -0.39 is 0 Å². The van der Waals surface area contributed by atoms with Crippen LogP contribution < -0.4 is 4.90 Å². The van der Waals surface area contributed by atoms with E-state index in [1.807, 2.05) is 36.4 Å². The van der Waals surface area contributed by atoms with Crippen molar-refractivity contribution in [3.63, 3.8) is 0 Å². The van der Waals surface area contributed by atoms with Crippen LogP contribution in [0.15, 0.2) is 192 Å². The first-order chi connectivity index (χ1) is 25.3. The van der Waals surface area contributed by atoms with E-state index in [2.05, 4.69) is 161 Å². The standard InChI is InChI=1S/C47H31N3O/c1-3-11-33(12-4-1)47-48-46-40-29-21-34(31-35(40)22-30-45(46)51-47)32-19-23-37(24-20-32)49(36-13-5-2-6-14-36)38-25-27-39(28-26-38)50-43-17-9-7-15-41(43)42-16-8-10-18-44(42)50/h1-31H. The molecule has 8 aromatic carbocycles. The van der Waals surface area contributed by atoms with Crippen molar-refractivity contribution >= 4 is 60.7 Å². The lowest BCUT2D eigenvalue weighted by Gasteiger charge is -2.26. The van der Waals surface area contributed by atoms with Gasteiger partial charge in [0, 0.05) is 44.5 Å². The number of anilines is 3. The highest BCUT2D eigenvalue weighted by atomic mass is 16.3. The molecule has 0 N–H and O–H groups in total. The summed E-state index contributed by atoms with van der Waals surface area (Å²) in [7, 11) is 0. The van der Waals surface area contributed by atoms with Gasteiger partial charge in [0.15, 0.2) is 5.58 Å². The molecule has 51 heavy (non-hydrogen) atoms. The van der Waals surface area contributed by atoms with Crippen LogP contribution in [0.2, 0.25) is 0 Å². The van der Waals surface area contributed by atoms with Crippen LogP contribution in [0.5, 0.6) is 0 Å². The van der Waals surface area contributed by atoms with Crippen molar-refractivity contribution in [1.29, 1.82) is 0 Å². The lowest BCUT2D eigenvalue weighted by atomic mass is 10.00. The van der Waals surface area contributed by atoms with Gasteiger partial charge in [0.05, 0.1) is 11.0 Å². The molecule has 0 atom stereocenters. The summed E-state index contributed by atoms with van der Waals surface area (Å²) in [5.41, 5.74) is 11.8. The minimum Gasteiger partial charge on any atom is -0.436 e. The fourth-order valence-corrected chi connectivity index (χ4v) is 7.38. The molecule has 4 nitrogen and oxygen atoms in total. The molecule has 0 radical (unpaired) electrons. The van der Waals surface area contributed by atoms with Crippen molar-refractivity contribution < 1.29 is 4.42 Å². The smallest absolute Gasteiger partial charge is 0.227 e. The second kappa shape index (κ2) is 11.9. The van der Waals surface area contributed by atoms with Crippen molar-refractivity contribution in [2.75, 3.05) is 4.90 Å². The van der Waals surface area contributed by atoms with Gasteiger partial charge in [-0.15, -0.1) is 0 Å². The Kier molecular flexibility index (Phi) is 6.78. The van der Waals surface area contributed by atoms with Crippen LogP contribution in [-0.2, 0) is 0 Å². The molecule has 0 amide bonds. The summed E-state index contributed by atoms with van der Waals surface area (Å²) in [5.74, 6) is 0.641. The molecular weight excluding hydrogens is 623 g/mol. The summed E-state index contributed by atoms with van der Waals surface area (Å²) in [5, 5.41) is 4.74. The first-order valence-corrected chi connectivity index (χ1v) is 17.2. The monoisotopic (exact) mass is 653 g/mol. The quantitative estimate of drug-likeness (QED) is 0.179. The third-order valence-electron chi connectivity index (χ3n) is 9.81. The third-order valence-corrected chi connectivity index (χ3v) is 9.81. The molecule has 0 bridgehead atoms. The predicted octanol–water partition coefficient (Wildman–Crippen LogP) is 12.9. The van der Waals surface area contributed by atoms with Gasteiger partial charge in [-0.1, -0.05) is 103 Å². The molecule has 0 aliphatic rings. The largest absolute Gasteiger partial charge is 0.436 e. The molecule has 0 aliphatic carbocycles. The number of nitrogens with zero attached hydrogens (tertiary/aromatic N) is 3. The zero-order valence-electron chi connectivity index (χ0n) is 27.6. The number of fused-ring (bicyclic) bond motifs is 6. The molecule has 2 heterocycles. The Morgan fingerprint density at radius 2 is 1.00 bits per heavy atom. The van der Waals surface area contributed by atoms with E-state index in [0.717, 1.165) is 61.3 Å². The van der Waals surface area contributed by atoms with Gasteiger partial charge in [-0.05, 0) is 101 Å². The Bertz CT molecular complexity index is 2780. The Morgan fingerprint density at radius 3 is 1.69 bits per heavy atom. The Hall–Kier alpha value is -6.91. The minimum atomic E-state index is 0.641. The molecule has 4 heteroatoms. The first kappa shape index (κ1) is 29.0. The second-order valence-electron chi connectivity index (χ2n) is 12.8. The number of benzene rings is 8. The Labute approximate surface area is 295 Å². The van der Waals surface area contributed by atoms with Gasteiger partial charge in [-0.3, -0.25) is 0 Å². The number of oxazole rings is 1. The number of hydrogen-bond acceptors (Lipinski definition) is 3. The van der Waals surface area contributed by atoms with Gasteiger partial charge < -0.3 is 13.9 Å². The fraction of sp³-hybridized carbons (Fsp3) is 0. The highest BCUT2D eigenvalue weighted by Gasteiger charge is 2.16. The minimum absolute atomic E-state index is 0.641. The van der Waals surface area contributed by atoms with E-state index in [1.165, 1.54) is 21.8 Å². The zero-order chi connectivity index (χ0) is 33.7. The first-order valence-electron chi connectivity index (χ1n) is 17.2. The molecule has 240 valence electrons. The van der Waals surface area contributed by atoms with Crippen LogP contribution in [0.1, 0.15) is 0 Å². The number of hydrogen-bond donors (Lipinski definition) is 0. The van der Waals surface area contributed by atoms with Crippen molar-refractivity contribution in [3.05, 3.63) is 188 Å². The van der Waals surface area contributed by atoms with Crippen LogP contribution in [-0.4, -0.2) is 9.55 Å². The van der Waals surface area contributed by atoms with Gasteiger partial charge in [-0.2, -0.15) is 0 Å². The van der Waals surface area contributed by atoms with Crippen LogP contribution in [0, 0.1) is 0 Å². The summed E-state index contributed by atoms with van der Waals surface area (Å²) in [6.45, 7) is 0. The molecule has 0 unspecified atom stereocenters. The summed E-state index contributed by atoms with van der Waals surface area (Å²) in [6, 6.07) is 66.3. The molecule has 0 saturated carbocycles. The van der Waals surface area contributed by atoms with Crippen LogP contribution in [0.3, 0.4) is 0 Å². The molecule has 0 saturated heterocycles. The van der Waals surface area contributed by atoms with E-state index in [0.29, 0.717) is 5.89 Å². The van der Waals surface area contributed by atoms with Crippen LogP contribution in [0.25, 0.3) is 71.9 Å². The normalized spacial score (nSPS) is 11.5. The maximum absolute atomic E-state index is 6.13. The molecule has 0 fully saturated rings. The summed E-state index contributed by atoms with van der Waals surface area (Å²) >= 11 is 0. The summed E-state index contributed by atoms with van der Waals surface area (Å²) < 4.78 is 8.48. The zero-order valence-corrected chi connectivity index (χ0v) is 27.6.